The first-order chi connectivity index (χ1) is 12.3. The number of benzene rings is 1. The maximum atomic E-state index is 12.8. The zero-order valence-electron chi connectivity index (χ0n) is 14.9. The second-order valence-corrected chi connectivity index (χ2v) is 8.51. The summed E-state index contributed by atoms with van der Waals surface area (Å²) >= 11 is 1.76. The van der Waals surface area contributed by atoms with Crippen LogP contribution in [0.2, 0.25) is 0 Å². The van der Waals surface area contributed by atoms with Crippen LogP contribution in [0.25, 0.3) is 11.0 Å². The Kier molecular flexibility index (Phi) is 6.02. The smallest absolute Gasteiger partial charge is 0.416 e. The fourth-order valence-corrected chi connectivity index (χ4v) is 3.83. The first-order valence-corrected chi connectivity index (χ1v) is 9.81. The molecule has 1 fully saturated rings. The van der Waals surface area contributed by atoms with Gasteiger partial charge in [-0.25, -0.2) is 0 Å². The number of nitrogens with one attached hydrogen (secondary N) is 2. The third kappa shape index (κ3) is 5.07. The summed E-state index contributed by atoms with van der Waals surface area (Å²) in [4.78, 5) is 7.12. The molecule has 1 heterocycles. The number of imidazole rings is 1. The largest absolute Gasteiger partial charge is 0.461 e. The van der Waals surface area contributed by atoms with Gasteiger partial charge < -0.3 is 9.72 Å². The summed E-state index contributed by atoms with van der Waals surface area (Å²) in [5, 5.41) is 0.570. The zero-order chi connectivity index (χ0) is 18.7. The average molecular weight is 387 g/mol. The van der Waals surface area contributed by atoms with Crippen LogP contribution in [-0.2, 0) is 6.18 Å². The minimum Gasteiger partial charge on any atom is -0.461 e. The molecule has 0 saturated heterocycles. The topological polar surface area (TPSA) is 49.9 Å². The molecule has 0 aliphatic heterocycles. The summed E-state index contributed by atoms with van der Waals surface area (Å²) in [5.41, 5.74) is 0.141. The molecule has 0 atom stereocenters. The van der Waals surface area contributed by atoms with Gasteiger partial charge in [-0.1, -0.05) is 25.8 Å². The lowest BCUT2D eigenvalue weighted by Crippen LogP contribution is -2.29. The van der Waals surface area contributed by atoms with E-state index in [4.69, 9.17) is 4.74 Å². The van der Waals surface area contributed by atoms with Gasteiger partial charge >= 0.3 is 6.18 Å². The summed E-state index contributed by atoms with van der Waals surface area (Å²) in [6.45, 7) is 5.32. The lowest BCUT2D eigenvalue weighted by molar-refractivity contribution is -0.137. The van der Waals surface area contributed by atoms with E-state index in [0.29, 0.717) is 28.2 Å². The molecular weight excluding hydrogens is 363 g/mol. The van der Waals surface area contributed by atoms with E-state index in [2.05, 4.69) is 28.5 Å². The summed E-state index contributed by atoms with van der Waals surface area (Å²) in [6.07, 6.45) is -0.274. The van der Waals surface area contributed by atoms with Crippen LogP contribution in [0.4, 0.5) is 13.2 Å². The van der Waals surface area contributed by atoms with E-state index in [1.54, 1.807) is 11.9 Å². The van der Waals surface area contributed by atoms with Crippen molar-refractivity contribution >= 4 is 23.0 Å². The molecule has 1 aliphatic carbocycles. The molecule has 0 radical (unpaired) electrons. The maximum absolute atomic E-state index is 12.8. The van der Waals surface area contributed by atoms with Crippen LogP contribution in [-0.4, -0.2) is 27.9 Å². The Balaban J connectivity index is 1.53. The second-order valence-electron chi connectivity index (χ2n) is 7.05. The number of rotatable bonds is 6. The molecule has 0 unspecified atom stereocenters. The molecule has 0 spiro atoms. The van der Waals surface area contributed by atoms with Crippen molar-refractivity contribution in [3.63, 3.8) is 0 Å². The van der Waals surface area contributed by atoms with Gasteiger partial charge in [-0.05, 0) is 49.8 Å². The number of hydrogen-bond acceptors (Lipinski definition) is 4. The van der Waals surface area contributed by atoms with Crippen LogP contribution in [0.3, 0.4) is 0 Å². The number of aromatic amines is 1. The molecule has 26 heavy (non-hydrogen) atoms. The first-order valence-electron chi connectivity index (χ1n) is 8.93. The van der Waals surface area contributed by atoms with Crippen molar-refractivity contribution in [3.05, 3.63) is 23.8 Å². The number of nitrogens with zero attached hydrogens (tertiary/aromatic N) is 1. The van der Waals surface area contributed by atoms with Gasteiger partial charge in [0, 0.05) is 11.8 Å². The SMILES string of the molecule is CC(C)SNCC1CCC(Oc2nc3ccc(C(F)(F)F)cc3[nH]2)CC1. The fourth-order valence-electron chi connectivity index (χ4n) is 3.16. The highest BCUT2D eigenvalue weighted by Crippen LogP contribution is 2.32. The normalized spacial score (nSPS) is 21.5. The fraction of sp³-hybridized carbons (Fsp3) is 0.611. The van der Waals surface area contributed by atoms with Gasteiger partial charge in [0.25, 0.3) is 6.01 Å². The lowest BCUT2D eigenvalue weighted by Gasteiger charge is -2.28. The van der Waals surface area contributed by atoms with Gasteiger partial charge in [-0.3, -0.25) is 4.72 Å². The minimum absolute atomic E-state index is 0.0617. The van der Waals surface area contributed by atoms with Crippen molar-refractivity contribution < 1.29 is 17.9 Å². The number of H-pyrrole nitrogens is 1. The predicted octanol–water partition coefficient (Wildman–Crippen LogP) is 5.17. The Hall–Kier alpha value is -1.41. The number of aromatic nitrogens is 2. The van der Waals surface area contributed by atoms with Gasteiger partial charge in [0.15, 0.2) is 0 Å². The van der Waals surface area contributed by atoms with Crippen LogP contribution in [0, 0.1) is 5.92 Å². The van der Waals surface area contributed by atoms with E-state index in [9.17, 15) is 13.2 Å². The molecule has 3 rings (SSSR count). The van der Waals surface area contributed by atoms with Crippen molar-refractivity contribution in [3.8, 4) is 6.01 Å². The second kappa shape index (κ2) is 8.08. The summed E-state index contributed by atoms with van der Waals surface area (Å²) < 4.78 is 47.7. The first kappa shape index (κ1) is 19.4. The monoisotopic (exact) mass is 387 g/mol. The van der Waals surface area contributed by atoms with Crippen molar-refractivity contribution in [2.24, 2.45) is 5.92 Å². The van der Waals surface area contributed by atoms with Crippen LogP contribution in [0.15, 0.2) is 18.2 Å². The van der Waals surface area contributed by atoms with E-state index in [1.165, 1.54) is 6.07 Å². The molecule has 144 valence electrons. The highest BCUT2D eigenvalue weighted by atomic mass is 32.2. The average Bonchev–Trinajstić information content (AvgIpc) is 2.96. The summed E-state index contributed by atoms with van der Waals surface area (Å²) in [7, 11) is 0. The van der Waals surface area contributed by atoms with Gasteiger partial charge in [0.2, 0.25) is 0 Å². The third-order valence-corrected chi connectivity index (χ3v) is 5.36. The quantitative estimate of drug-likeness (QED) is 0.672. The number of halogens is 3. The summed E-state index contributed by atoms with van der Waals surface area (Å²) in [5.74, 6) is 0.645. The Morgan fingerprint density at radius 3 is 2.65 bits per heavy atom. The molecule has 1 aromatic carbocycles. The number of fused-ring (bicyclic) bond motifs is 1. The number of ether oxygens (including phenoxy) is 1. The van der Waals surface area contributed by atoms with Crippen molar-refractivity contribution in [2.45, 2.75) is 57.1 Å². The standard InChI is InChI=1S/C18H24F3N3OS/c1-11(2)26-22-10-12-3-6-14(7-4-12)25-17-23-15-8-5-13(18(19,20)21)9-16(15)24-17/h5,8-9,11-12,14,22H,3-4,6-7,10H2,1-2H3,(H,23,24). The molecule has 2 aromatic rings. The molecule has 0 amide bonds. The molecule has 2 N–H and O–H groups in total. The lowest BCUT2D eigenvalue weighted by atomic mass is 9.87. The highest BCUT2D eigenvalue weighted by molar-refractivity contribution is 7.97. The third-order valence-electron chi connectivity index (χ3n) is 4.55. The minimum atomic E-state index is -4.36. The molecular formula is C18H24F3N3OS. The van der Waals surface area contributed by atoms with Crippen molar-refractivity contribution in [2.75, 3.05) is 6.54 Å². The van der Waals surface area contributed by atoms with Crippen LogP contribution < -0.4 is 9.46 Å². The highest BCUT2D eigenvalue weighted by Gasteiger charge is 2.31. The van der Waals surface area contributed by atoms with Gasteiger partial charge in [0.1, 0.15) is 6.10 Å². The number of hydrogen-bond donors (Lipinski definition) is 2. The molecule has 4 nitrogen and oxygen atoms in total. The van der Waals surface area contributed by atoms with Crippen LogP contribution in [0.1, 0.15) is 45.1 Å². The maximum Gasteiger partial charge on any atom is 0.416 e. The van der Waals surface area contributed by atoms with Gasteiger partial charge in [-0.2, -0.15) is 18.2 Å². The van der Waals surface area contributed by atoms with E-state index >= 15 is 0 Å². The Morgan fingerprint density at radius 1 is 1.27 bits per heavy atom. The Bertz CT molecular complexity index is 724. The van der Waals surface area contributed by atoms with Gasteiger partial charge in [0.05, 0.1) is 16.6 Å². The van der Waals surface area contributed by atoms with Crippen molar-refractivity contribution in [1.82, 2.24) is 14.7 Å². The number of alkyl halides is 3. The van der Waals surface area contributed by atoms with E-state index in [1.807, 2.05) is 0 Å². The van der Waals surface area contributed by atoms with Crippen LogP contribution >= 0.6 is 11.9 Å². The van der Waals surface area contributed by atoms with E-state index in [-0.39, 0.29) is 6.10 Å². The molecule has 8 heteroatoms. The van der Waals surface area contributed by atoms with E-state index in [0.717, 1.165) is 44.4 Å². The van der Waals surface area contributed by atoms with Crippen LogP contribution in [0.5, 0.6) is 6.01 Å². The van der Waals surface area contributed by atoms with E-state index < -0.39 is 11.7 Å². The Labute approximate surface area is 155 Å². The van der Waals surface area contributed by atoms with Gasteiger partial charge in [-0.15, -0.1) is 0 Å². The molecule has 0 bridgehead atoms. The summed E-state index contributed by atoms with van der Waals surface area (Å²) in [6, 6.07) is 3.79. The molecule has 1 saturated carbocycles. The zero-order valence-corrected chi connectivity index (χ0v) is 15.7. The molecule has 1 aliphatic rings. The Morgan fingerprint density at radius 2 is 2.00 bits per heavy atom. The predicted molar refractivity (Wildman–Crippen MR) is 98.2 cm³/mol. The molecule has 1 aromatic heterocycles. The van der Waals surface area contributed by atoms with Crippen molar-refractivity contribution in [1.29, 1.82) is 0 Å².